The monoisotopic (exact) mass is 942 g/mol. The van der Waals surface area contributed by atoms with Crippen molar-refractivity contribution in [3.05, 3.63) is 217 Å². The van der Waals surface area contributed by atoms with Crippen LogP contribution < -0.4 is 19.3 Å². The van der Waals surface area contributed by atoms with Gasteiger partial charge < -0.3 is 19.3 Å². The largest absolute Gasteiger partial charge is 0.457 e. The van der Waals surface area contributed by atoms with Gasteiger partial charge in [-0.05, 0) is 117 Å². The summed E-state index contributed by atoms with van der Waals surface area (Å²) in [5, 5.41) is 2.24. The zero-order chi connectivity index (χ0) is 49.9. The van der Waals surface area contributed by atoms with E-state index in [1.807, 2.05) is 24.4 Å². The number of fused-ring (bicyclic) bond motifs is 4. The minimum Gasteiger partial charge on any atom is -0.457 e. The lowest BCUT2D eigenvalue weighted by molar-refractivity contribution is 0.483. The first kappa shape index (κ1) is 46.3. The fourth-order valence-corrected chi connectivity index (χ4v) is 9.94. The van der Waals surface area contributed by atoms with Gasteiger partial charge in [0.1, 0.15) is 35.5 Å². The Bertz CT molecular complexity index is 3540. The molecule has 2 aromatic heterocycles. The van der Waals surface area contributed by atoms with Crippen molar-refractivity contribution in [1.82, 2.24) is 9.55 Å². The van der Waals surface area contributed by atoms with Crippen molar-refractivity contribution >= 4 is 44.6 Å². The molecular weight excluding hydrogens is 881 g/mol. The highest BCUT2D eigenvalue weighted by Gasteiger charge is 2.31. The Hall–Kier alpha value is -8.09. The molecule has 0 radical (unpaired) electrons. The quantitative estimate of drug-likeness (QED) is 0.144. The lowest BCUT2D eigenvalue weighted by Crippen LogP contribution is -2.25. The van der Waals surface area contributed by atoms with Crippen LogP contribution in [0.25, 0.3) is 49.9 Å². The molecule has 11 rings (SSSR count). The molecule has 0 N–H and O–H groups in total. The molecule has 1 aliphatic rings. The first-order valence-corrected chi connectivity index (χ1v) is 25.1. The Kier molecular flexibility index (Phi) is 11.5. The van der Waals surface area contributed by atoms with E-state index in [-0.39, 0.29) is 16.2 Å². The summed E-state index contributed by atoms with van der Waals surface area (Å²) in [6, 6.07) is 68.8. The van der Waals surface area contributed by atoms with Crippen molar-refractivity contribution in [2.45, 2.75) is 78.6 Å². The van der Waals surface area contributed by atoms with Crippen molar-refractivity contribution in [1.29, 1.82) is 0 Å². The van der Waals surface area contributed by atoms with E-state index in [0.717, 1.165) is 78.5 Å². The zero-order valence-electron chi connectivity index (χ0n) is 42.9. The molecule has 72 heavy (non-hydrogen) atoms. The van der Waals surface area contributed by atoms with Crippen LogP contribution in [0.1, 0.15) is 79.0 Å². The standard InChI is InChI=1S/C66H62N4O2/c1-64(2,3)46-35-47(65(4,5)6)37-50(36-46)69-43-68(59-29-18-19-30-60(59)69)49-25-20-26-51(40-49)71-52-31-32-55-54-27-16-17-28-58(54)70(61(55)41-52)62-42-53(33-34-67-62)72-63-56(44-21-12-10-13-22-44)38-48(66(7,8)9)39-57(63)45-23-14-11-15-24-45/h10-42H,43H2,1-9H3. The van der Waals surface area contributed by atoms with E-state index in [1.54, 1.807) is 0 Å². The van der Waals surface area contributed by atoms with Crippen LogP contribution in [0.4, 0.5) is 22.7 Å². The maximum atomic E-state index is 7.14. The SMILES string of the molecule is CC(C)(C)c1cc(N2CN(c3cccc(Oc4ccc5c6ccccc6n(-c6cc(Oc7c(-c8ccccc8)cc(C(C)(C)C)cc7-c7ccccc7)ccn6)c5c4)c3)c3ccccc32)cc(C(C)(C)C)c1. The van der Waals surface area contributed by atoms with Gasteiger partial charge in [0.2, 0.25) is 0 Å². The summed E-state index contributed by atoms with van der Waals surface area (Å²) in [4.78, 5) is 9.84. The molecule has 10 aromatic rings. The molecule has 6 heteroatoms. The second-order valence-electron chi connectivity index (χ2n) is 22.2. The number of rotatable bonds is 9. The fraction of sp³-hybridized carbons (Fsp3) is 0.197. The molecular formula is C66H62N4O2. The van der Waals surface area contributed by atoms with E-state index in [9.17, 15) is 0 Å². The molecule has 0 saturated carbocycles. The van der Waals surface area contributed by atoms with E-state index in [0.29, 0.717) is 12.4 Å². The number of nitrogens with zero attached hydrogens (tertiary/aromatic N) is 4. The van der Waals surface area contributed by atoms with E-state index in [1.165, 1.54) is 28.1 Å². The van der Waals surface area contributed by atoms with E-state index in [2.05, 4.69) is 253 Å². The number of hydrogen-bond acceptors (Lipinski definition) is 5. The summed E-state index contributed by atoms with van der Waals surface area (Å²) in [6.45, 7) is 21.2. The highest BCUT2D eigenvalue weighted by atomic mass is 16.5. The number of aromatic nitrogens is 2. The molecule has 1 aliphatic heterocycles. The maximum absolute atomic E-state index is 7.14. The van der Waals surface area contributed by atoms with Crippen LogP contribution in [0.3, 0.4) is 0 Å². The first-order valence-electron chi connectivity index (χ1n) is 25.1. The van der Waals surface area contributed by atoms with Crippen molar-refractivity contribution < 1.29 is 9.47 Å². The normalized spacial score (nSPS) is 13.0. The summed E-state index contributed by atoms with van der Waals surface area (Å²) < 4.78 is 16.2. The number of benzene rings is 8. The minimum atomic E-state index is -0.0873. The molecule has 6 nitrogen and oxygen atoms in total. The lowest BCUT2D eigenvalue weighted by Gasteiger charge is -2.29. The van der Waals surface area contributed by atoms with Crippen LogP contribution in [-0.4, -0.2) is 16.2 Å². The summed E-state index contributed by atoms with van der Waals surface area (Å²) >= 11 is 0. The maximum Gasteiger partial charge on any atom is 0.143 e. The second-order valence-corrected chi connectivity index (χ2v) is 22.2. The lowest BCUT2D eigenvalue weighted by atomic mass is 9.80. The molecule has 0 bridgehead atoms. The smallest absolute Gasteiger partial charge is 0.143 e. The molecule has 0 saturated heterocycles. The Balaban J connectivity index is 0.949. The number of anilines is 4. The molecule has 358 valence electrons. The molecule has 0 aliphatic carbocycles. The number of pyridine rings is 1. The highest BCUT2D eigenvalue weighted by Crippen LogP contribution is 2.48. The highest BCUT2D eigenvalue weighted by molar-refractivity contribution is 6.09. The van der Waals surface area contributed by atoms with Gasteiger partial charge in [-0.25, -0.2) is 4.98 Å². The molecule has 0 atom stereocenters. The Morgan fingerprint density at radius 3 is 1.56 bits per heavy atom. The number of ether oxygens (including phenoxy) is 2. The molecule has 0 unspecified atom stereocenters. The molecule has 0 spiro atoms. The van der Waals surface area contributed by atoms with Gasteiger partial charge in [0.25, 0.3) is 0 Å². The third kappa shape index (κ3) is 8.87. The van der Waals surface area contributed by atoms with Crippen molar-refractivity contribution in [2.75, 3.05) is 16.5 Å². The number of hydrogen-bond donors (Lipinski definition) is 0. The predicted octanol–water partition coefficient (Wildman–Crippen LogP) is 18.2. The fourth-order valence-electron chi connectivity index (χ4n) is 9.94. The van der Waals surface area contributed by atoms with Crippen LogP contribution in [0.2, 0.25) is 0 Å². The number of para-hydroxylation sites is 3. The van der Waals surface area contributed by atoms with Crippen molar-refractivity contribution in [3.8, 4) is 51.1 Å². The third-order valence-corrected chi connectivity index (χ3v) is 14.0. The Labute approximate surface area is 424 Å². The van der Waals surface area contributed by atoms with Crippen LogP contribution in [0, 0.1) is 0 Å². The zero-order valence-corrected chi connectivity index (χ0v) is 42.9. The second kappa shape index (κ2) is 17.9. The average Bonchev–Trinajstić information content (AvgIpc) is 3.92. The van der Waals surface area contributed by atoms with Crippen LogP contribution in [0.15, 0.2) is 200 Å². The van der Waals surface area contributed by atoms with Gasteiger partial charge >= 0.3 is 0 Å². The van der Waals surface area contributed by atoms with Crippen LogP contribution in [0.5, 0.6) is 23.0 Å². The van der Waals surface area contributed by atoms with Crippen molar-refractivity contribution in [2.24, 2.45) is 0 Å². The molecule has 3 heterocycles. The van der Waals surface area contributed by atoms with Crippen molar-refractivity contribution in [3.63, 3.8) is 0 Å². The minimum absolute atomic E-state index is 0.00667. The van der Waals surface area contributed by atoms with Gasteiger partial charge in [0, 0.05) is 57.7 Å². The third-order valence-electron chi connectivity index (χ3n) is 14.0. The van der Waals surface area contributed by atoms with Gasteiger partial charge in [-0.3, -0.25) is 4.57 Å². The first-order chi connectivity index (χ1) is 34.6. The van der Waals surface area contributed by atoms with E-state index >= 15 is 0 Å². The summed E-state index contributed by atoms with van der Waals surface area (Å²) in [7, 11) is 0. The van der Waals surface area contributed by atoms with E-state index in [4.69, 9.17) is 14.5 Å². The van der Waals surface area contributed by atoms with Gasteiger partial charge in [0.15, 0.2) is 0 Å². The molecule has 8 aromatic carbocycles. The molecule has 0 amide bonds. The molecule has 0 fully saturated rings. The van der Waals surface area contributed by atoms with Gasteiger partial charge in [-0.2, -0.15) is 0 Å². The average molecular weight is 943 g/mol. The Morgan fingerprint density at radius 1 is 0.403 bits per heavy atom. The summed E-state index contributed by atoms with van der Waals surface area (Å²) in [6.07, 6.45) is 1.84. The summed E-state index contributed by atoms with van der Waals surface area (Å²) in [5.41, 5.74) is 14.7. The topological polar surface area (TPSA) is 42.8 Å². The van der Waals surface area contributed by atoms with Gasteiger partial charge in [0.05, 0.1) is 22.4 Å². The van der Waals surface area contributed by atoms with Crippen LogP contribution in [-0.2, 0) is 16.2 Å². The van der Waals surface area contributed by atoms with E-state index < -0.39 is 0 Å². The summed E-state index contributed by atoms with van der Waals surface area (Å²) in [5.74, 6) is 3.71. The Morgan fingerprint density at radius 2 is 0.931 bits per heavy atom. The van der Waals surface area contributed by atoms with Crippen LogP contribution >= 0.6 is 0 Å². The predicted molar refractivity (Wildman–Crippen MR) is 301 cm³/mol. The van der Waals surface area contributed by atoms with Gasteiger partial charge in [-0.1, -0.05) is 165 Å². The van der Waals surface area contributed by atoms with Gasteiger partial charge in [-0.15, -0.1) is 0 Å².